The second-order valence-electron chi connectivity index (χ2n) is 6.24. The number of benzene rings is 1. The summed E-state index contributed by atoms with van der Waals surface area (Å²) in [4.78, 5) is 15.2. The molecule has 2 rings (SSSR count). The lowest BCUT2D eigenvalue weighted by Gasteiger charge is -2.21. The van der Waals surface area contributed by atoms with Crippen molar-refractivity contribution in [2.45, 2.75) is 39.5 Å². The van der Waals surface area contributed by atoms with Gasteiger partial charge < -0.3 is 9.72 Å². The summed E-state index contributed by atoms with van der Waals surface area (Å²) >= 11 is 0. The molecule has 1 heterocycles. The molecule has 0 aliphatic rings. The molecule has 0 saturated heterocycles. The molecule has 0 amide bonds. The monoisotopic (exact) mass is 285 g/mol. The van der Waals surface area contributed by atoms with E-state index >= 15 is 0 Å². The summed E-state index contributed by atoms with van der Waals surface area (Å²) in [6.07, 6.45) is 0.814. The molecular weight excluding hydrogens is 262 g/mol. The molecule has 1 aromatic carbocycles. The van der Waals surface area contributed by atoms with Gasteiger partial charge in [-0.25, -0.2) is 0 Å². The highest BCUT2D eigenvalue weighted by molar-refractivity contribution is 5.71. The van der Waals surface area contributed by atoms with Gasteiger partial charge in [0, 0.05) is 11.3 Å². The largest absolute Gasteiger partial charge is 0.496 e. The minimum Gasteiger partial charge on any atom is -0.496 e. The summed E-state index contributed by atoms with van der Waals surface area (Å²) in [5.41, 5.74) is 3.56. The van der Waals surface area contributed by atoms with Gasteiger partial charge in [-0.15, -0.1) is 0 Å². The van der Waals surface area contributed by atoms with Crippen LogP contribution in [0.25, 0.3) is 11.1 Å². The molecule has 0 saturated carbocycles. The predicted molar refractivity (Wildman–Crippen MR) is 87.1 cm³/mol. The average Bonchev–Trinajstić information content (AvgIpc) is 2.45. The van der Waals surface area contributed by atoms with Crippen LogP contribution in [-0.2, 0) is 11.8 Å². The fourth-order valence-electron chi connectivity index (χ4n) is 2.32. The van der Waals surface area contributed by atoms with Gasteiger partial charge in [-0.3, -0.25) is 4.79 Å². The molecule has 112 valence electrons. The van der Waals surface area contributed by atoms with Crippen LogP contribution in [0.15, 0.2) is 35.1 Å². The maximum Gasteiger partial charge on any atom is 0.256 e. The van der Waals surface area contributed by atoms with E-state index in [2.05, 4.69) is 37.9 Å². The molecule has 2 aromatic rings. The van der Waals surface area contributed by atoms with Gasteiger partial charge in [0.25, 0.3) is 5.56 Å². The number of methoxy groups -OCH3 is 1. The highest BCUT2D eigenvalue weighted by Gasteiger charge is 2.17. The van der Waals surface area contributed by atoms with E-state index in [9.17, 15) is 4.79 Å². The second-order valence-corrected chi connectivity index (χ2v) is 6.24. The number of hydrogen-bond acceptors (Lipinski definition) is 2. The lowest BCUT2D eigenvalue weighted by atomic mass is 9.85. The van der Waals surface area contributed by atoms with E-state index in [-0.39, 0.29) is 11.0 Å². The Kier molecular flexibility index (Phi) is 4.21. The SMILES string of the molecule is CCc1ccc(-c2cc(C(C)(C)C)ccc2OC)c(=O)[nH]1. The van der Waals surface area contributed by atoms with E-state index in [1.807, 2.05) is 25.1 Å². The van der Waals surface area contributed by atoms with Crippen LogP contribution in [0.5, 0.6) is 5.75 Å². The fraction of sp³-hybridized carbons (Fsp3) is 0.389. The summed E-state index contributed by atoms with van der Waals surface area (Å²) in [5.74, 6) is 0.720. The zero-order chi connectivity index (χ0) is 15.6. The maximum absolute atomic E-state index is 12.3. The molecular formula is C18H23NO2. The third kappa shape index (κ3) is 3.18. The summed E-state index contributed by atoms with van der Waals surface area (Å²) in [6.45, 7) is 8.49. The minimum absolute atomic E-state index is 0.0249. The van der Waals surface area contributed by atoms with Gasteiger partial charge in [0.15, 0.2) is 0 Å². The second kappa shape index (κ2) is 5.76. The topological polar surface area (TPSA) is 42.1 Å². The quantitative estimate of drug-likeness (QED) is 0.929. The van der Waals surface area contributed by atoms with Crippen LogP contribution in [0.2, 0.25) is 0 Å². The summed E-state index contributed by atoms with van der Waals surface area (Å²) in [7, 11) is 1.63. The first-order valence-corrected chi connectivity index (χ1v) is 7.28. The molecule has 3 nitrogen and oxygen atoms in total. The van der Waals surface area contributed by atoms with E-state index in [1.165, 1.54) is 5.56 Å². The molecule has 0 fully saturated rings. The van der Waals surface area contributed by atoms with E-state index in [4.69, 9.17) is 4.74 Å². The lowest BCUT2D eigenvalue weighted by Crippen LogP contribution is -2.14. The standard InChI is InChI=1S/C18H23NO2/c1-6-13-8-9-14(17(20)19-13)15-11-12(18(2,3)4)7-10-16(15)21-5/h7-11H,6H2,1-5H3,(H,19,20). The van der Waals surface area contributed by atoms with Gasteiger partial charge in [0.1, 0.15) is 5.75 Å². The molecule has 0 radical (unpaired) electrons. The van der Waals surface area contributed by atoms with Crippen molar-refractivity contribution < 1.29 is 4.74 Å². The van der Waals surface area contributed by atoms with E-state index in [0.29, 0.717) is 5.56 Å². The van der Waals surface area contributed by atoms with Crippen molar-refractivity contribution in [1.29, 1.82) is 0 Å². The summed E-state index contributed by atoms with van der Waals surface area (Å²) in [6, 6.07) is 9.87. The van der Waals surface area contributed by atoms with Crippen molar-refractivity contribution in [3.8, 4) is 16.9 Å². The summed E-state index contributed by atoms with van der Waals surface area (Å²) < 4.78 is 5.43. The Morgan fingerprint density at radius 1 is 1.10 bits per heavy atom. The number of aryl methyl sites for hydroxylation is 1. The molecule has 0 spiro atoms. The predicted octanol–water partition coefficient (Wildman–Crippen LogP) is 3.91. The van der Waals surface area contributed by atoms with Gasteiger partial charge in [0.2, 0.25) is 0 Å². The smallest absolute Gasteiger partial charge is 0.256 e. The Morgan fingerprint density at radius 2 is 1.81 bits per heavy atom. The molecule has 0 atom stereocenters. The van der Waals surface area contributed by atoms with Crippen LogP contribution < -0.4 is 10.3 Å². The third-order valence-electron chi connectivity index (χ3n) is 3.71. The average molecular weight is 285 g/mol. The van der Waals surface area contributed by atoms with Gasteiger partial charge in [-0.05, 0) is 41.7 Å². The van der Waals surface area contributed by atoms with Crippen molar-refractivity contribution >= 4 is 0 Å². The van der Waals surface area contributed by atoms with Crippen LogP contribution >= 0.6 is 0 Å². The number of pyridine rings is 1. The highest BCUT2D eigenvalue weighted by atomic mass is 16.5. The summed E-state index contributed by atoms with van der Waals surface area (Å²) in [5, 5.41) is 0. The van der Waals surface area contributed by atoms with Crippen LogP contribution in [0.4, 0.5) is 0 Å². The van der Waals surface area contributed by atoms with Crippen molar-refractivity contribution in [2.75, 3.05) is 7.11 Å². The molecule has 1 N–H and O–H groups in total. The first-order chi connectivity index (χ1) is 9.86. The number of aromatic amines is 1. The number of aromatic nitrogens is 1. The number of rotatable bonds is 3. The van der Waals surface area contributed by atoms with E-state index in [0.717, 1.165) is 23.4 Å². The van der Waals surface area contributed by atoms with E-state index < -0.39 is 0 Å². The van der Waals surface area contributed by atoms with Crippen LogP contribution in [0.1, 0.15) is 39.0 Å². The number of nitrogens with one attached hydrogen (secondary N) is 1. The molecule has 0 aliphatic carbocycles. The van der Waals surface area contributed by atoms with Gasteiger partial charge in [-0.1, -0.05) is 33.8 Å². The van der Waals surface area contributed by atoms with Gasteiger partial charge in [0.05, 0.1) is 12.7 Å². The highest BCUT2D eigenvalue weighted by Crippen LogP contribution is 2.33. The molecule has 3 heteroatoms. The number of hydrogen-bond donors (Lipinski definition) is 1. The Balaban J connectivity index is 2.64. The third-order valence-corrected chi connectivity index (χ3v) is 3.71. The lowest BCUT2D eigenvalue weighted by molar-refractivity contribution is 0.416. The Hall–Kier alpha value is -2.03. The molecule has 0 bridgehead atoms. The normalized spacial score (nSPS) is 11.5. The maximum atomic E-state index is 12.3. The molecule has 0 aliphatic heterocycles. The first-order valence-electron chi connectivity index (χ1n) is 7.28. The van der Waals surface area contributed by atoms with Crippen molar-refractivity contribution in [2.24, 2.45) is 0 Å². The first kappa shape index (κ1) is 15.4. The number of H-pyrrole nitrogens is 1. The fourth-order valence-corrected chi connectivity index (χ4v) is 2.32. The van der Waals surface area contributed by atoms with Crippen LogP contribution in [0.3, 0.4) is 0 Å². The molecule has 21 heavy (non-hydrogen) atoms. The Labute approximate surface area is 126 Å². The van der Waals surface area contributed by atoms with Crippen molar-refractivity contribution in [1.82, 2.24) is 4.98 Å². The Bertz CT molecular complexity index is 693. The molecule has 1 aromatic heterocycles. The van der Waals surface area contributed by atoms with E-state index in [1.54, 1.807) is 7.11 Å². The van der Waals surface area contributed by atoms with Crippen molar-refractivity contribution in [3.05, 3.63) is 51.9 Å². The van der Waals surface area contributed by atoms with Gasteiger partial charge >= 0.3 is 0 Å². The molecule has 0 unspecified atom stereocenters. The minimum atomic E-state index is -0.0706. The van der Waals surface area contributed by atoms with Crippen LogP contribution in [-0.4, -0.2) is 12.1 Å². The van der Waals surface area contributed by atoms with Crippen molar-refractivity contribution in [3.63, 3.8) is 0 Å². The Morgan fingerprint density at radius 3 is 2.33 bits per heavy atom. The zero-order valence-electron chi connectivity index (χ0n) is 13.4. The van der Waals surface area contributed by atoms with Gasteiger partial charge in [-0.2, -0.15) is 0 Å². The van der Waals surface area contributed by atoms with Crippen LogP contribution in [0, 0.1) is 0 Å². The number of ether oxygens (including phenoxy) is 1. The zero-order valence-corrected chi connectivity index (χ0v) is 13.4.